The van der Waals surface area contributed by atoms with Crippen molar-refractivity contribution < 1.29 is 18.0 Å². The van der Waals surface area contributed by atoms with Gasteiger partial charge in [-0.2, -0.15) is 4.72 Å². The number of Topliss-reactive ketones (excluding diaryl/α,β-unsaturated/α-hetero) is 1. The summed E-state index contributed by atoms with van der Waals surface area (Å²) in [6.45, 7) is 7.23. The van der Waals surface area contributed by atoms with Crippen LogP contribution in [0.4, 0.5) is 0 Å². The highest BCUT2D eigenvalue weighted by atomic mass is 35.5. The molecule has 0 radical (unpaired) electrons. The number of hydrogen-bond donors (Lipinski definition) is 2. The van der Waals surface area contributed by atoms with E-state index in [-0.39, 0.29) is 39.0 Å². The number of sulfonamides is 1. The molecule has 6 nitrogen and oxygen atoms in total. The average molecular weight is 495 g/mol. The minimum atomic E-state index is -3.94. The van der Waals surface area contributed by atoms with E-state index in [9.17, 15) is 18.0 Å². The summed E-state index contributed by atoms with van der Waals surface area (Å²) in [4.78, 5) is 26.4. The number of ketones is 1. The van der Waals surface area contributed by atoms with Gasteiger partial charge in [-0.25, -0.2) is 8.42 Å². The zero-order chi connectivity index (χ0) is 24.2. The Morgan fingerprint density at radius 3 is 2.30 bits per heavy atom. The van der Waals surface area contributed by atoms with Gasteiger partial charge in [-0.15, -0.1) is 0 Å². The van der Waals surface area contributed by atoms with Crippen molar-refractivity contribution in [2.75, 3.05) is 0 Å². The summed E-state index contributed by atoms with van der Waals surface area (Å²) in [6, 6.07) is 6.35. The standard InChI is InChI=1S/C25H35ClN2O4S/c1-15(2)27-23(30)25-12-16-9-17(13-25)19(18(10-16)14-25)11-22(29)24(3,4)28-33(31,32)21-8-6-5-7-20(21)26/h5-8,15-19,28H,9-14H2,1-4H3,(H,27,30). The maximum absolute atomic E-state index is 13.4. The minimum Gasteiger partial charge on any atom is -0.353 e. The molecule has 4 saturated carbocycles. The number of benzene rings is 1. The van der Waals surface area contributed by atoms with Crippen LogP contribution >= 0.6 is 11.6 Å². The average Bonchev–Trinajstić information content (AvgIpc) is 2.69. The fourth-order valence-electron chi connectivity index (χ4n) is 6.74. The summed E-state index contributed by atoms with van der Waals surface area (Å²) in [5.74, 6) is 1.51. The Labute approximate surface area is 202 Å². The van der Waals surface area contributed by atoms with Crippen molar-refractivity contribution >= 4 is 33.3 Å². The van der Waals surface area contributed by atoms with E-state index in [1.54, 1.807) is 26.0 Å². The molecule has 1 aromatic carbocycles. The zero-order valence-corrected chi connectivity index (χ0v) is 21.4. The first-order chi connectivity index (χ1) is 15.3. The Morgan fingerprint density at radius 1 is 1.12 bits per heavy atom. The van der Waals surface area contributed by atoms with Gasteiger partial charge in [0.2, 0.25) is 15.9 Å². The monoisotopic (exact) mass is 494 g/mol. The van der Waals surface area contributed by atoms with Crippen LogP contribution in [0.1, 0.15) is 66.2 Å². The van der Waals surface area contributed by atoms with Gasteiger partial charge in [0.15, 0.2) is 5.78 Å². The molecular formula is C25H35ClN2O4S. The van der Waals surface area contributed by atoms with E-state index in [1.807, 2.05) is 13.8 Å². The highest BCUT2D eigenvalue weighted by Gasteiger charge is 2.58. The van der Waals surface area contributed by atoms with Gasteiger partial charge in [-0.1, -0.05) is 23.7 Å². The molecule has 5 rings (SSSR count). The number of halogens is 1. The molecule has 33 heavy (non-hydrogen) atoms. The number of hydrogen-bond acceptors (Lipinski definition) is 4. The first-order valence-electron chi connectivity index (χ1n) is 12.0. The van der Waals surface area contributed by atoms with E-state index < -0.39 is 15.6 Å². The molecule has 182 valence electrons. The molecule has 0 spiro atoms. The molecule has 2 atom stereocenters. The van der Waals surface area contributed by atoms with Crippen LogP contribution in [0, 0.1) is 29.1 Å². The minimum absolute atomic E-state index is 0.0275. The lowest BCUT2D eigenvalue weighted by atomic mass is 9.45. The van der Waals surface area contributed by atoms with E-state index in [2.05, 4.69) is 10.0 Å². The number of carbonyl (C=O) groups excluding carboxylic acids is 2. The SMILES string of the molecule is CC(C)NC(=O)C12CC3CC(C1)C(CC(=O)C(C)(C)NS(=O)(=O)c1ccccc1Cl)C(C3)C2. The fraction of sp³-hybridized carbons (Fsp3) is 0.680. The maximum atomic E-state index is 13.4. The molecule has 1 amide bonds. The van der Waals surface area contributed by atoms with Crippen LogP contribution in [-0.2, 0) is 19.6 Å². The first kappa shape index (κ1) is 24.7. The van der Waals surface area contributed by atoms with Gasteiger partial charge >= 0.3 is 0 Å². The smallest absolute Gasteiger partial charge is 0.242 e. The van der Waals surface area contributed by atoms with Crippen LogP contribution in [0.15, 0.2) is 29.2 Å². The van der Waals surface area contributed by atoms with Crippen LogP contribution in [-0.4, -0.2) is 31.7 Å². The van der Waals surface area contributed by atoms with Crippen molar-refractivity contribution in [2.45, 2.75) is 82.7 Å². The second-order valence-electron chi connectivity index (χ2n) is 11.3. The van der Waals surface area contributed by atoms with E-state index in [0.717, 1.165) is 32.1 Å². The van der Waals surface area contributed by atoms with Crippen molar-refractivity contribution in [1.82, 2.24) is 10.0 Å². The number of rotatable bonds is 8. The number of nitrogens with one attached hydrogen (secondary N) is 2. The summed E-state index contributed by atoms with van der Waals surface area (Å²) in [5.41, 5.74) is -1.54. The van der Waals surface area contributed by atoms with E-state index in [0.29, 0.717) is 24.2 Å². The Balaban J connectivity index is 1.47. The highest BCUT2D eigenvalue weighted by molar-refractivity contribution is 7.89. The normalized spacial score (nSPS) is 31.1. The molecule has 4 bridgehead atoms. The Morgan fingerprint density at radius 2 is 1.73 bits per heavy atom. The maximum Gasteiger partial charge on any atom is 0.242 e. The van der Waals surface area contributed by atoms with Crippen molar-refractivity contribution in [3.8, 4) is 0 Å². The summed E-state index contributed by atoms with van der Waals surface area (Å²) >= 11 is 6.09. The van der Waals surface area contributed by atoms with Crippen molar-refractivity contribution in [3.05, 3.63) is 29.3 Å². The van der Waals surface area contributed by atoms with Crippen LogP contribution in [0.25, 0.3) is 0 Å². The number of carbonyl (C=O) groups is 2. The Hall–Kier alpha value is -1.44. The third kappa shape index (κ3) is 4.73. The lowest BCUT2D eigenvalue weighted by molar-refractivity contribution is -0.155. The van der Waals surface area contributed by atoms with Crippen LogP contribution in [0.2, 0.25) is 5.02 Å². The predicted octanol–water partition coefficient (Wildman–Crippen LogP) is 4.32. The molecule has 0 saturated heterocycles. The summed E-state index contributed by atoms with van der Waals surface area (Å²) in [6.07, 6.45) is 5.10. The van der Waals surface area contributed by atoms with E-state index in [4.69, 9.17) is 11.6 Å². The summed E-state index contributed by atoms with van der Waals surface area (Å²) in [7, 11) is -3.94. The molecule has 0 aromatic heterocycles. The van der Waals surface area contributed by atoms with Crippen molar-refractivity contribution in [2.24, 2.45) is 29.1 Å². The topological polar surface area (TPSA) is 92.3 Å². The number of amides is 1. The Kier molecular flexibility index (Phi) is 6.47. The molecule has 4 fully saturated rings. The predicted molar refractivity (Wildman–Crippen MR) is 128 cm³/mol. The largest absolute Gasteiger partial charge is 0.353 e. The molecule has 1 aromatic rings. The van der Waals surface area contributed by atoms with Gasteiger partial charge in [0.1, 0.15) is 4.90 Å². The first-order valence-corrected chi connectivity index (χ1v) is 13.8. The van der Waals surface area contributed by atoms with E-state index in [1.165, 1.54) is 12.1 Å². The highest BCUT2D eigenvalue weighted by Crippen LogP contribution is 2.63. The Bertz CT molecular complexity index is 1040. The van der Waals surface area contributed by atoms with Crippen molar-refractivity contribution in [3.63, 3.8) is 0 Å². The summed E-state index contributed by atoms with van der Waals surface area (Å²) in [5, 5.41) is 3.26. The second kappa shape index (κ2) is 8.65. The molecule has 0 heterocycles. The molecule has 4 aliphatic carbocycles. The van der Waals surface area contributed by atoms with Gasteiger partial charge in [0.25, 0.3) is 0 Å². The van der Waals surface area contributed by atoms with E-state index >= 15 is 0 Å². The van der Waals surface area contributed by atoms with Crippen molar-refractivity contribution in [1.29, 1.82) is 0 Å². The fourth-order valence-corrected chi connectivity index (χ4v) is 8.65. The van der Waals surface area contributed by atoms with Gasteiger partial charge in [-0.3, -0.25) is 9.59 Å². The van der Waals surface area contributed by atoms with Gasteiger partial charge in [-0.05, 0) is 95.6 Å². The van der Waals surface area contributed by atoms with Gasteiger partial charge in [0, 0.05) is 17.9 Å². The van der Waals surface area contributed by atoms with Gasteiger partial charge < -0.3 is 5.32 Å². The van der Waals surface area contributed by atoms with Gasteiger partial charge in [0.05, 0.1) is 10.6 Å². The molecule has 2 N–H and O–H groups in total. The molecule has 0 aliphatic heterocycles. The zero-order valence-electron chi connectivity index (χ0n) is 19.9. The lowest BCUT2D eigenvalue weighted by Crippen LogP contribution is -2.58. The quantitative estimate of drug-likeness (QED) is 0.562. The van der Waals surface area contributed by atoms with Crippen LogP contribution in [0.3, 0.4) is 0 Å². The lowest BCUT2D eigenvalue weighted by Gasteiger charge is -2.59. The molecule has 4 aliphatic rings. The second-order valence-corrected chi connectivity index (χ2v) is 13.4. The molecular weight excluding hydrogens is 460 g/mol. The van der Waals surface area contributed by atoms with Crippen LogP contribution in [0.5, 0.6) is 0 Å². The third-order valence-corrected chi connectivity index (χ3v) is 10.2. The molecule has 8 heteroatoms. The van der Waals surface area contributed by atoms with Crippen LogP contribution < -0.4 is 10.0 Å². The third-order valence-electron chi connectivity index (χ3n) is 8.00. The molecule has 2 unspecified atom stereocenters. The summed E-state index contributed by atoms with van der Waals surface area (Å²) < 4.78 is 28.4.